The van der Waals surface area contributed by atoms with Crippen molar-refractivity contribution in [2.45, 2.75) is 25.2 Å². The van der Waals surface area contributed by atoms with Gasteiger partial charge in [0.2, 0.25) is 15.9 Å². The first-order valence-corrected chi connectivity index (χ1v) is 10.7. The Bertz CT molecular complexity index is 1160. The molecule has 1 heterocycles. The van der Waals surface area contributed by atoms with Crippen molar-refractivity contribution in [1.82, 2.24) is 14.7 Å². The van der Waals surface area contributed by atoms with Gasteiger partial charge in [-0.1, -0.05) is 18.2 Å². The highest BCUT2D eigenvalue weighted by atomic mass is 32.2. The summed E-state index contributed by atoms with van der Waals surface area (Å²) < 4.78 is 27.1. The zero-order chi connectivity index (χ0) is 21.7. The first-order chi connectivity index (χ1) is 14.2. The summed E-state index contributed by atoms with van der Waals surface area (Å²) in [5, 5.41) is 12.2. The molecule has 0 aliphatic carbocycles. The third-order valence-corrected chi connectivity index (χ3v) is 5.93. The molecule has 0 saturated carbocycles. The number of rotatable bonds is 7. The van der Waals surface area contributed by atoms with Crippen molar-refractivity contribution in [3.05, 3.63) is 66.0 Å². The lowest BCUT2D eigenvalue weighted by molar-refractivity contribution is -0.116. The molecule has 0 radical (unpaired) electrons. The summed E-state index contributed by atoms with van der Waals surface area (Å²) in [4.78, 5) is 20.6. The van der Waals surface area contributed by atoms with Crippen molar-refractivity contribution >= 4 is 21.6 Å². The smallest absolute Gasteiger partial charge is 0.240 e. The van der Waals surface area contributed by atoms with Crippen LogP contribution in [-0.2, 0) is 14.8 Å². The molecule has 0 spiro atoms. The molecule has 30 heavy (non-hydrogen) atoms. The third kappa shape index (κ3) is 5.40. The maximum Gasteiger partial charge on any atom is 0.240 e. The molecule has 1 aromatic heterocycles. The summed E-state index contributed by atoms with van der Waals surface area (Å²) in [5.41, 5.74) is 2.92. The Labute approximate surface area is 175 Å². The maximum atomic E-state index is 12.4. The van der Waals surface area contributed by atoms with Crippen LogP contribution in [0.2, 0.25) is 0 Å². The molecule has 3 aromatic rings. The van der Waals surface area contributed by atoms with Crippen molar-refractivity contribution < 1.29 is 18.3 Å². The number of aromatic nitrogens is 2. The predicted octanol–water partition coefficient (Wildman–Crippen LogP) is 2.77. The zero-order valence-corrected chi connectivity index (χ0v) is 17.4. The summed E-state index contributed by atoms with van der Waals surface area (Å²) in [6.45, 7) is 3.71. The van der Waals surface area contributed by atoms with Crippen LogP contribution in [0.15, 0.2) is 59.8 Å². The SMILES string of the molecule is Cc1ccc(S(=O)(=O)NCCC(=O)Nc2cnc(-c3cccc(O)c3)nc2)cc1C. The van der Waals surface area contributed by atoms with Crippen LogP contribution >= 0.6 is 0 Å². The monoisotopic (exact) mass is 426 g/mol. The molecule has 9 heteroatoms. The number of amides is 1. The molecular formula is C21H22N4O4S. The largest absolute Gasteiger partial charge is 0.508 e. The van der Waals surface area contributed by atoms with Gasteiger partial charge >= 0.3 is 0 Å². The topological polar surface area (TPSA) is 121 Å². The lowest BCUT2D eigenvalue weighted by Gasteiger charge is -2.09. The molecule has 156 valence electrons. The Hall–Kier alpha value is -3.30. The van der Waals surface area contributed by atoms with Gasteiger partial charge < -0.3 is 10.4 Å². The molecule has 0 aliphatic rings. The molecule has 0 fully saturated rings. The van der Waals surface area contributed by atoms with Gasteiger partial charge in [0.25, 0.3) is 0 Å². The zero-order valence-electron chi connectivity index (χ0n) is 16.6. The Morgan fingerprint density at radius 3 is 2.43 bits per heavy atom. The quantitative estimate of drug-likeness (QED) is 0.534. The van der Waals surface area contributed by atoms with E-state index in [4.69, 9.17) is 0 Å². The second kappa shape index (κ2) is 9.02. The van der Waals surface area contributed by atoms with Gasteiger partial charge in [-0.25, -0.2) is 23.1 Å². The van der Waals surface area contributed by atoms with Crippen LogP contribution in [0.25, 0.3) is 11.4 Å². The van der Waals surface area contributed by atoms with Gasteiger partial charge in [0, 0.05) is 18.5 Å². The van der Waals surface area contributed by atoms with Gasteiger partial charge in [0.1, 0.15) is 5.75 Å². The number of nitrogens with zero attached hydrogens (tertiary/aromatic N) is 2. The average molecular weight is 426 g/mol. The maximum absolute atomic E-state index is 12.4. The van der Waals surface area contributed by atoms with Gasteiger partial charge in [-0.05, 0) is 49.2 Å². The van der Waals surface area contributed by atoms with E-state index in [0.717, 1.165) is 11.1 Å². The number of carbonyl (C=O) groups excluding carboxylic acids is 1. The first-order valence-electron chi connectivity index (χ1n) is 9.23. The van der Waals surface area contributed by atoms with E-state index in [1.54, 1.807) is 30.3 Å². The number of phenols is 1. The highest BCUT2D eigenvalue weighted by Crippen LogP contribution is 2.20. The van der Waals surface area contributed by atoms with E-state index in [0.29, 0.717) is 17.1 Å². The van der Waals surface area contributed by atoms with Gasteiger partial charge in [0.05, 0.1) is 23.0 Å². The van der Waals surface area contributed by atoms with Gasteiger partial charge in [-0.2, -0.15) is 0 Å². The average Bonchev–Trinajstić information content (AvgIpc) is 2.70. The lowest BCUT2D eigenvalue weighted by atomic mass is 10.1. The Kier molecular flexibility index (Phi) is 6.43. The normalized spacial score (nSPS) is 11.3. The van der Waals surface area contributed by atoms with Crippen LogP contribution in [0.3, 0.4) is 0 Å². The number of aryl methyl sites for hydroxylation is 2. The number of anilines is 1. The standard InChI is InChI=1S/C21H22N4O4S/c1-14-6-7-19(10-15(14)2)30(28,29)24-9-8-20(27)25-17-12-22-21(23-13-17)16-4-3-5-18(26)11-16/h3-7,10-13,24,26H,8-9H2,1-2H3,(H,25,27). The number of aromatic hydroxyl groups is 1. The van der Waals surface area contributed by atoms with E-state index in [1.165, 1.54) is 24.5 Å². The third-order valence-electron chi connectivity index (χ3n) is 4.47. The molecule has 0 bridgehead atoms. The fraction of sp³-hybridized carbons (Fsp3) is 0.190. The second-order valence-electron chi connectivity index (χ2n) is 6.79. The molecule has 3 rings (SSSR count). The second-order valence-corrected chi connectivity index (χ2v) is 8.55. The molecule has 0 atom stereocenters. The minimum atomic E-state index is -3.68. The Morgan fingerprint density at radius 1 is 1.03 bits per heavy atom. The van der Waals surface area contributed by atoms with Crippen LogP contribution in [0, 0.1) is 13.8 Å². The molecule has 8 nitrogen and oxygen atoms in total. The molecule has 0 aliphatic heterocycles. The summed E-state index contributed by atoms with van der Waals surface area (Å²) in [6.07, 6.45) is 2.85. The lowest BCUT2D eigenvalue weighted by Crippen LogP contribution is -2.28. The number of hydrogen-bond donors (Lipinski definition) is 3. The van der Waals surface area contributed by atoms with E-state index < -0.39 is 10.0 Å². The fourth-order valence-corrected chi connectivity index (χ4v) is 3.79. The van der Waals surface area contributed by atoms with E-state index in [9.17, 15) is 18.3 Å². The first kappa shape index (κ1) is 21.4. The Balaban J connectivity index is 1.53. The van der Waals surface area contributed by atoms with E-state index >= 15 is 0 Å². The molecule has 2 aromatic carbocycles. The van der Waals surface area contributed by atoms with E-state index in [2.05, 4.69) is 20.0 Å². The van der Waals surface area contributed by atoms with Crippen LogP contribution < -0.4 is 10.0 Å². The summed E-state index contributed by atoms with van der Waals surface area (Å²) >= 11 is 0. The Morgan fingerprint density at radius 2 is 1.77 bits per heavy atom. The van der Waals surface area contributed by atoms with Crippen molar-refractivity contribution in [3.8, 4) is 17.1 Å². The molecule has 0 saturated heterocycles. The molecule has 3 N–H and O–H groups in total. The molecular weight excluding hydrogens is 404 g/mol. The van der Waals surface area contributed by atoms with E-state index in [1.807, 2.05) is 13.8 Å². The minimum Gasteiger partial charge on any atom is -0.508 e. The van der Waals surface area contributed by atoms with Crippen molar-refractivity contribution in [1.29, 1.82) is 0 Å². The van der Waals surface area contributed by atoms with Crippen LogP contribution in [-0.4, -0.2) is 35.9 Å². The number of benzene rings is 2. The van der Waals surface area contributed by atoms with E-state index in [-0.39, 0.29) is 29.5 Å². The highest BCUT2D eigenvalue weighted by Gasteiger charge is 2.15. The van der Waals surface area contributed by atoms with Crippen LogP contribution in [0.4, 0.5) is 5.69 Å². The summed E-state index contributed by atoms with van der Waals surface area (Å²) in [5.74, 6) is 0.147. The van der Waals surface area contributed by atoms with Gasteiger partial charge in [-0.3, -0.25) is 4.79 Å². The molecule has 1 amide bonds. The van der Waals surface area contributed by atoms with Crippen LogP contribution in [0.1, 0.15) is 17.5 Å². The number of nitrogens with one attached hydrogen (secondary N) is 2. The number of sulfonamides is 1. The van der Waals surface area contributed by atoms with Crippen molar-refractivity contribution in [3.63, 3.8) is 0 Å². The highest BCUT2D eigenvalue weighted by molar-refractivity contribution is 7.89. The summed E-state index contributed by atoms with van der Waals surface area (Å²) in [6, 6.07) is 11.4. The number of carbonyl (C=O) groups is 1. The minimum absolute atomic E-state index is 0.0384. The number of phenolic OH excluding ortho intramolecular Hbond substituents is 1. The fourth-order valence-electron chi connectivity index (χ4n) is 2.67. The van der Waals surface area contributed by atoms with Crippen LogP contribution in [0.5, 0.6) is 5.75 Å². The predicted molar refractivity (Wildman–Crippen MR) is 113 cm³/mol. The van der Waals surface area contributed by atoms with Gasteiger partial charge in [0.15, 0.2) is 5.82 Å². The number of hydrogen-bond acceptors (Lipinski definition) is 6. The van der Waals surface area contributed by atoms with Gasteiger partial charge in [-0.15, -0.1) is 0 Å². The van der Waals surface area contributed by atoms with Crippen molar-refractivity contribution in [2.24, 2.45) is 0 Å². The van der Waals surface area contributed by atoms with Crippen molar-refractivity contribution in [2.75, 3.05) is 11.9 Å². The molecule has 0 unspecified atom stereocenters. The summed E-state index contributed by atoms with van der Waals surface area (Å²) in [7, 11) is -3.68.